The average molecular weight is 514 g/mol. The van der Waals surface area contributed by atoms with Crippen molar-refractivity contribution in [2.75, 3.05) is 0 Å². The van der Waals surface area contributed by atoms with E-state index in [1.807, 2.05) is 54.6 Å². The molecule has 3 aromatic carbocycles. The van der Waals surface area contributed by atoms with Gasteiger partial charge in [0.1, 0.15) is 4.87 Å². The third-order valence-corrected chi connectivity index (χ3v) is 6.36. The SMILES string of the molecule is ClC(Cl)(Cl)c1ccc(C(Cl)(c2ccccc2)c2ccc(C(Cl)(Cl)Cl)cc2)cc1. The van der Waals surface area contributed by atoms with Crippen molar-refractivity contribution in [3.05, 3.63) is 107 Å². The summed E-state index contributed by atoms with van der Waals surface area (Å²) >= 11 is 43.1. The van der Waals surface area contributed by atoms with E-state index in [0.717, 1.165) is 16.7 Å². The molecular weight excluding hydrogens is 500 g/mol. The van der Waals surface area contributed by atoms with E-state index in [4.69, 9.17) is 81.2 Å². The van der Waals surface area contributed by atoms with Gasteiger partial charge >= 0.3 is 0 Å². The van der Waals surface area contributed by atoms with Crippen molar-refractivity contribution in [2.45, 2.75) is 12.5 Å². The molecule has 0 saturated carbocycles. The zero-order valence-corrected chi connectivity index (χ0v) is 19.4. The summed E-state index contributed by atoms with van der Waals surface area (Å²) in [6.45, 7) is 0. The quantitative estimate of drug-likeness (QED) is 0.242. The molecule has 0 aliphatic rings. The normalized spacial score (nSPS) is 12.8. The Hall–Kier alpha value is -0.310. The summed E-state index contributed by atoms with van der Waals surface area (Å²) in [4.78, 5) is -0.973. The first-order valence-corrected chi connectivity index (χ1v) is 10.8. The van der Waals surface area contributed by atoms with Crippen molar-refractivity contribution < 1.29 is 0 Å². The number of halogens is 7. The van der Waals surface area contributed by atoms with E-state index in [0.29, 0.717) is 11.1 Å². The minimum Gasteiger partial charge on any atom is -0.104 e. The monoisotopic (exact) mass is 510 g/mol. The third-order valence-electron chi connectivity index (χ3n) is 4.39. The summed E-state index contributed by atoms with van der Waals surface area (Å²) in [5.74, 6) is 0. The Bertz CT molecular complexity index is 864. The maximum Gasteiger partial charge on any atom is 0.216 e. The number of hydrogen-bond donors (Lipinski definition) is 0. The Morgan fingerprint density at radius 1 is 0.357 bits per heavy atom. The average Bonchev–Trinajstić information content (AvgIpc) is 2.67. The first-order valence-electron chi connectivity index (χ1n) is 8.13. The molecule has 0 amide bonds. The van der Waals surface area contributed by atoms with E-state index in [-0.39, 0.29) is 0 Å². The predicted molar refractivity (Wildman–Crippen MR) is 124 cm³/mol. The molecule has 0 spiro atoms. The maximum atomic E-state index is 7.25. The molecule has 3 aromatic rings. The number of hydrogen-bond acceptors (Lipinski definition) is 0. The van der Waals surface area contributed by atoms with Crippen LogP contribution in [0.1, 0.15) is 27.8 Å². The molecule has 146 valence electrons. The fourth-order valence-electron chi connectivity index (χ4n) is 2.95. The molecule has 0 bridgehead atoms. The Morgan fingerprint density at radius 3 is 0.964 bits per heavy atom. The molecule has 0 atom stereocenters. The predicted octanol–water partition coefficient (Wildman–Crippen LogP) is 8.87. The van der Waals surface area contributed by atoms with E-state index in [9.17, 15) is 0 Å². The first-order chi connectivity index (χ1) is 13.0. The summed E-state index contributed by atoms with van der Waals surface area (Å²) in [6, 6.07) is 24.1. The second-order valence-electron chi connectivity index (χ2n) is 6.17. The van der Waals surface area contributed by atoms with Gasteiger partial charge in [-0.25, -0.2) is 0 Å². The van der Waals surface area contributed by atoms with Gasteiger partial charge in [0.05, 0.1) is 0 Å². The zero-order valence-electron chi connectivity index (χ0n) is 14.2. The Kier molecular flexibility index (Phi) is 6.74. The van der Waals surface area contributed by atoms with Gasteiger partial charge in [0, 0.05) is 11.1 Å². The van der Waals surface area contributed by atoms with Gasteiger partial charge in [0.2, 0.25) is 7.59 Å². The van der Waals surface area contributed by atoms with Gasteiger partial charge in [-0.3, -0.25) is 0 Å². The van der Waals surface area contributed by atoms with Gasteiger partial charge in [0.25, 0.3) is 0 Å². The largest absolute Gasteiger partial charge is 0.216 e. The van der Waals surface area contributed by atoms with Gasteiger partial charge in [-0.1, -0.05) is 148 Å². The van der Waals surface area contributed by atoms with Crippen LogP contribution in [0.2, 0.25) is 0 Å². The standard InChI is InChI=1S/C21H13Cl7/c22-19(14-4-2-1-3-5-14,15-6-10-17(11-7-15)20(23,24)25)16-8-12-18(13-9-16)21(26,27)28/h1-13H. The summed E-state index contributed by atoms with van der Waals surface area (Å²) in [7, 11) is 0. The molecule has 0 aromatic heterocycles. The molecule has 0 unspecified atom stereocenters. The van der Waals surface area contributed by atoms with Crippen molar-refractivity contribution in [2.24, 2.45) is 0 Å². The van der Waals surface area contributed by atoms with Gasteiger partial charge in [0.15, 0.2) is 0 Å². The minimum absolute atomic E-state index is 0.555. The van der Waals surface area contributed by atoms with Crippen LogP contribution < -0.4 is 0 Å². The fourth-order valence-corrected chi connectivity index (χ4v) is 4.08. The molecule has 0 N–H and O–H groups in total. The van der Waals surface area contributed by atoms with Crippen LogP contribution in [0.4, 0.5) is 0 Å². The van der Waals surface area contributed by atoms with E-state index >= 15 is 0 Å². The summed E-state index contributed by atoms with van der Waals surface area (Å²) < 4.78 is -3.02. The topological polar surface area (TPSA) is 0 Å². The van der Waals surface area contributed by atoms with Crippen molar-refractivity contribution in [1.29, 1.82) is 0 Å². The summed E-state index contributed by atoms with van der Waals surface area (Å²) in [6.07, 6.45) is 0. The highest BCUT2D eigenvalue weighted by Gasteiger charge is 2.35. The van der Waals surface area contributed by atoms with Crippen LogP contribution in [0.5, 0.6) is 0 Å². The lowest BCUT2D eigenvalue weighted by atomic mass is 9.83. The molecule has 0 fully saturated rings. The van der Waals surface area contributed by atoms with Crippen LogP contribution in [-0.4, -0.2) is 0 Å². The van der Waals surface area contributed by atoms with E-state index in [2.05, 4.69) is 0 Å². The highest BCUT2D eigenvalue weighted by Crippen LogP contribution is 2.46. The molecule has 0 radical (unpaired) electrons. The lowest BCUT2D eigenvalue weighted by Gasteiger charge is -2.30. The Balaban J connectivity index is 2.14. The molecule has 0 aliphatic carbocycles. The smallest absolute Gasteiger partial charge is 0.104 e. The van der Waals surface area contributed by atoms with Crippen LogP contribution in [0, 0.1) is 0 Å². The molecule has 3 rings (SSSR count). The fraction of sp³-hybridized carbons (Fsp3) is 0.143. The minimum atomic E-state index is -1.51. The number of benzene rings is 3. The van der Waals surface area contributed by atoms with Crippen LogP contribution in [0.25, 0.3) is 0 Å². The molecule has 28 heavy (non-hydrogen) atoms. The summed E-state index contributed by atoms with van der Waals surface area (Å²) in [5, 5.41) is 0. The van der Waals surface area contributed by atoms with E-state index in [1.165, 1.54) is 0 Å². The van der Waals surface area contributed by atoms with Gasteiger partial charge < -0.3 is 0 Å². The van der Waals surface area contributed by atoms with Gasteiger partial charge in [-0.2, -0.15) is 0 Å². The molecule has 0 saturated heterocycles. The Morgan fingerprint density at radius 2 is 0.643 bits per heavy atom. The molecule has 7 heteroatoms. The van der Waals surface area contributed by atoms with Crippen molar-refractivity contribution >= 4 is 81.2 Å². The molecule has 0 aliphatic heterocycles. The highest BCUT2D eigenvalue weighted by atomic mass is 35.6. The third kappa shape index (κ3) is 4.71. The second kappa shape index (κ2) is 8.44. The lowest BCUT2D eigenvalue weighted by molar-refractivity contribution is 0.876. The molecule has 0 heterocycles. The number of rotatable bonds is 3. The van der Waals surface area contributed by atoms with Gasteiger partial charge in [-0.05, 0) is 16.7 Å². The highest BCUT2D eigenvalue weighted by molar-refractivity contribution is 6.67. The zero-order chi connectivity index (χ0) is 20.6. The molecular formula is C21H13Cl7. The van der Waals surface area contributed by atoms with E-state index in [1.54, 1.807) is 24.3 Å². The van der Waals surface area contributed by atoms with Crippen LogP contribution in [0.3, 0.4) is 0 Å². The lowest BCUT2D eigenvalue weighted by Crippen LogP contribution is -2.22. The van der Waals surface area contributed by atoms with Gasteiger partial charge in [-0.15, -0.1) is 11.6 Å². The summed E-state index contributed by atoms with van der Waals surface area (Å²) in [5.41, 5.74) is 3.64. The first kappa shape index (κ1) is 22.4. The Labute approximate surface area is 199 Å². The van der Waals surface area contributed by atoms with Crippen molar-refractivity contribution in [3.8, 4) is 0 Å². The number of alkyl halides is 7. The van der Waals surface area contributed by atoms with Crippen molar-refractivity contribution in [3.63, 3.8) is 0 Å². The van der Waals surface area contributed by atoms with Crippen LogP contribution in [-0.2, 0) is 12.5 Å². The second-order valence-corrected chi connectivity index (χ2v) is 11.3. The maximum absolute atomic E-state index is 7.25. The van der Waals surface area contributed by atoms with E-state index < -0.39 is 12.5 Å². The molecule has 0 nitrogen and oxygen atoms in total. The van der Waals surface area contributed by atoms with Crippen LogP contribution >= 0.6 is 81.2 Å². The van der Waals surface area contributed by atoms with Crippen LogP contribution in [0.15, 0.2) is 78.9 Å². The van der Waals surface area contributed by atoms with Crippen molar-refractivity contribution in [1.82, 2.24) is 0 Å².